The van der Waals surface area contributed by atoms with Crippen molar-refractivity contribution in [2.24, 2.45) is 0 Å². The van der Waals surface area contributed by atoms with Crippen LogP contribution in [-0.4, -0.2) is 39.0 Å². The molecule has 1 aromatic heterocycles. The average Bonchev–Trinajstić information content (AvgIpc) is 3.33. The molecule has 0 aliphatic heterocycles. The molecule has 0 bridgehead atoms. The van der Waals surface area contributed by atoms with Crippen molar-refractivity contribution in [3.8, 4) is 11.8 Å². The fourth-order valence-electron chi connectivity index (χ4n) is 2.80. The normalized spacial score (nSPS) is 14.3. The summed E-state index contributed by atoms with van der Waals surface area (Å²) in [6.07, 6.45) is 2.33. The van der Waals surface area contributed by atoms with Crippen LogP contribution in [0.15, 0.2) is 30.3 Å². The third-order valence-electron chi connectivity index (χ3n) is 4.07. The van der Waals surface area contributed by atoms with Crippen molar-refractivity contribution in [3.63, 3.8) is 0 Å². The maximum atomic E-state index is 9.49. The predicted molar refractivity (Wildman–Crippen MR) is 83.5 cm³/mol. The van der Waals surface area contributed by atoms with Gasteiger partial charge in [-0.2, -0.15) is 10.4 Å². The zero-order chi connectivity index (χ0) is 15.5. The second kappa shape index (κ2) is 6.30. The summed E-state index contributed by atoms with van der Waals surface area (Å²) in [7, 11) is 0. The number of nitriles is 1. The minimum Gasteiger partial charge on any atom is -0.395 e. The summed E-state index contributed by atoms with van der Waals surface area (Å²) in [6, 6.07) is 12.7. The van der Waals surface area contributed by atoms with E-state index in [1.165, 1.54) is 12.8 Å². The Morgan fingerprint density at radius 1 is 1.36 bits per heavy atom. The first-order valence-electron chi connectivity index (χ1n) is 7.63. The van der Waals surface area contributed by atoms with E-state index >= 15 is 0 Å². The Kier molecular flexibility index (Phi) is 4.23. The first-order valence-corrected chi connectivity index (χ1v) is 7.63. The van der Waals surface area contributed by atoms with Crippen LogP contribution >= 0.6 is 0 Å². The highest BCUT2D eigenvalue weighted by atomic mass is 16.3. The summed E-state index contributed by atoms with van der Waals surface area (Å²) in [5.74, 6) is 0. The number of aromatic nitrogens is 2. The second-order valence-electron chi connectivity index (χ2n) is 5.69. The molecule has 0 unspecified atom stereocenters. The first kappa shape index (κ1) is 14.8. The molecule has 2 aromatic rings. The highest BCUT2D eigenvalue weighted by Gasteiger charge is 2.30. The van der Waals surface area contributed by atoms with Crippen LogP contribution in [0.5, 0.6) is 0 Å². The van der Waals surface area contributed by atoms with Gasteiger partial charge in [0, 0.05) is 19.1 Å². The lowest BCUT2D eigenvalue weighted by Crippen LogP contribution is -2.30. The van der Waals surface area contributed by atoms with E-state index < -0.39 is 0 Å². The van der Waals surface area contributed by atoms with Crippen LogP contribution < -0.4 is 0 Å². The Morgan fingerprint density at radius 3 is 2.68 bits per heavy atom. The van der Waals surface area contributed by atoms with Crippen LogP contribution in [0.25, 0.3) is 5.69 Å². The molecule has 1 N–H and O–H groups in total. The maximum absolute atomic E-state index is 9.49. The van der Waals surface area contributed by atoms with Crippen molar-refractivity contribution in [3.05, 3.63) is 47.3 Å². The van der Waals surface area contributed by atoms with Gasteiger partial charge in [-0.15, -0.1) is 0 Å². The zero-order valence-corrected chi connectivity index (χ0v) is 12.7. The first-order chi connectivity index (χ1) is 10.7. The van der Waals surface area contributed by atoms with E-state index in [9.17, 15) is 10.4 Å². The summed E-state index contributed by atoms with van der Waals surface area (Å²) in [4.78, 5) is 2.25. The average molecular weight is 296 g/mol. The van der Waals surface area contributed by atoms with Crippen molar-refractivity contribution in [2.75, 3.05) is 13.2 Å². The van der Waals surface area contributed by atoms with Gasteiger partial charge in [-0.05, 0) is 31.9 Å². The smallest absolute Gasteiger partial charge is 0.103 e. The highest BCUT2D eigenvalue weighted by Crippen LogP contribution is 2.29. The minimum atomic E-state index is 0.136. The Labute approximate surface area is 130 Å². The molecule has 0 spiro atoms. The highest BCUT2D eigenvalue weighted by molar-refractivity contribution is 5.43. The molecular formula is C17H20N4O. The van der Waals surface area contributed by atoms with E-state index in [4.69, 9.17) is 0 Å². The van der Waals surface area contributed by atoms with Crippen LogP contribution in [0.2, 0.25) is 0 Å². The van der Waals surface area contributed by atoms with Crippen molar-refractivity contribution in [2.45, 2.75) is 32.4 Å². The Morgan fingerprint density at radius 2 is 2.09 bits per heavy atom. The number of nitrogens with zero attached hydrogens (tertiary/aromatic N) is 4. The molecular weight excluding hydrogens is 276 g/mol. The van der Waals surface area contributed by atoms with Gasteiger partial charge in [0.05, 0.1) is 29.2 Å². The van der Waals surface area contributed by atoms with Crippen LogP contribution in [-0.2, 0) is 6.54 Å². The van der Waals surface area contributed by atoms with Crippen molar-refractivity contribution in [1.82, 2.24) is 14.7 Å². The van der Waals surface area contributed by atoms with E-state index in [0.717, 1.165) is 17.1 Å². The number of aryl methyl sites for hydroxylation is 1. The quantitative estimate of drug-likeness (QED) is 0.885. The number of rotatable bonds is 6. The van der Waals surface area contributed by atoms with Gasteiger partial charge in [0.2, 0.25) is 0 Å². The Hall–Kier alpha value is -2.16. The van der Waals surface area contributed by atoms with Crippen molar-refractivity contribution in [1.29, 1.82) is 5.26 Å². The molecule has 1 heterocycles. The van der Waals surface area contributed by atoms with Crippen LogP contribution in [0.1, 0.15) is 29.8 Å². The number of hydrogen-bond donors (Lipinski definition) is 1. The van der Waals surface area contributed by atoms with Gasteiger partial charge in [-0.25, -0.2) is 4.68 Å². The third kappa shape index (κ3) is 2.89. The largest absolute Gasteiger partial charge is 0.395 e. The summed E-state index contributed by atoms with van der Waals surface area (Å²) in [5.41, 5.74) is 3.27. The summed E-state index contributed by atoms with van der Waals surface area (Å²) >= 11 is 0. The lowest BCUT2D eigenvalue weighted by atomic mass is 10.2. The predicted octanol–water partition coefficient (Wildman–Crippen LogP) is 2.01. The molecule has 0 amide bonds. The van der Waals surface area contributed by atoms with E-state index in [2.05, 4.69) is 16.1 Å². The van der Waals surface area contributed by atoms with Gasteiger partial charge in [0.1, 0.15) is 6.07 Å². The molecule has 114 valence electrons. The van der Waals surface area contributed by atoms with Crippen LogP contribution in [0.4, 0.5) is 0 Å². The lowest BCUT2D eigenvalue weighted by molar-refractivity contribution is 0.181. The van der Waals surface area contributed by atoms with Crippen LogP contribution in [0, 0.1) is 18.3 Å². The standard InChI is InChI=1S/C17H20N4O/c1-13-16(11-18)17(12-20(9-10-22)14-7-8-14)21(19-13)15-5-3-2-4-6-15/h2-6,14,22H,7-10,12H2,1H3. The molecule has 1 fully saturated rings. The van der Waals surface area contributed by atoms with Gasteiger partial charge < -0.3 is 5.11 Å². The molecule has 1 saturated carbocycles. The molecule has 1 aliphatic carbocycles. The molecule has 5 nitrogen and oxygen atoms in total. The maximum Gasteiger partial charge on any atom is 0.103 e. The summed E-state index contributed by atoms with van der Waals surface area (Å²) < 4.78 is 1.86. The molecule has 5 heteroatoms. The molecule has 3 rings (SSSR count). The van der Waals surface area contributed by atoms with Crippen molar-refractivity contribution < 1.29 is 5.11 Å². The zero-order valence-electron chi connectivity index (χ0n) is 12.7. The molecule has 0 atom stereocenters. The monoisotopic (exact) mass is 296 g/mol. The fourth-order valence-corrected chi connectivity index (χ4v) is 2.80. The van der Waals surface area contributed by atoms with E-state index in [1.807, 2.05) is 41.9 Å². The van der Waals surface area contributed by atoms with Gasteiger partial charge in [-0.3, -0.25) is 4.90 Å². The van der Waals surface area contributed by atoms with Gasteiger partial charge in [-0.1, -0.05) is 18.2 Å². The molecule has 1 aliphatic rings. The molecule has 0 saturated heterocycles. The SMILES string of the molecule is Cc1nn(-c2ccccc2)c(CN(CCO)C2CC2)c1C#N. The summed E-state index contributed by atoms with van der Waals surface area (Å²) in [6.45, 7) is 3.28. The fraction of sp³-hybridized carbons (Fsp3) is 0.412. The van der Waals surface area contributed by atoms with Crippen molar-refractivity contribution >= 4 is 0 Å². The number of hydrogen-bond acceptors (Lipinski definition) is 4. The minimum absolute atomic E-state index is 0.136. The number of aliphatic hydroxyl groups excluding tert-OH is 1. The van der Waals surface area contributed by atoms with Crippen LogP contribution in [0.3, 0.4) is 0 Å². The number of para-hydroxylation sites is 1. The lowest BCUT2D eigenvalue weighted by Gasteiger charge is -2.21. The molecule has 22 heavy (non-hydrogen) atoms. The molecule has 0 radical (unpaired) electrons. The Bertz CT molecular complexity index is 683. The van der Waals surface area contributed by atoms with E-state index in [0.29, 0.717) is 24.7 Å². The number of benzene rings is 1. The van der Waals surface area contributed by atoms with Gasteiger partial charge >= 0.3 is 0 Å². The number of aliphatic hydroxyl groups is 1. The van der Waals surface area contributed by atoms with E-state index in [1.54, 1.807) is 0 Å². The van der Waals surface area contributed by atoms with Gasteiger partial charge in [0.25, 0.3) is 0 Å². The summed E-state index contributed by atoms with van der Waals surface area (Å²) in [5, 5.41) is 23.3. The Balaban J connectivity index is 1.99. The topological polar surface area (TPSA) is 65.1 Å². The second-order valence-corrected chi connectivity index (χ2v) is 5.69. The molecule has 1 aromatic carbocycles. The third-order valence-corrected chi connectivity index (χ3v) is 4.07. The van der Waals surface area contributed by atoms with Gasteiger partial charge in [0.15, 0.2) is 0 Å². The van der Waals surface area contributed by atoms with E-state index in [-0.39, 0.29) is 6.61 Å².